The second kappa shape index (κ2) is 7.82. The third-order valence-electron chi connectivity index (χ3n) is 3.15. The van der Waals surface area contributed by atoms with Gasteiger partial charge in [-0.3, -0.25) is 15.4 Å². The molecule has 2 aromatic carbocycles. The van der Waals surface area contributed by atoms with E-state index in [4.69, 9.17) is 14.2 Å². The molecule has 0 spiro atoms. The average Bonchev–Trinajstić information content (AvgIpc) is 2.60. The molecule has 2 rings (SSSR count). The van der Waals surface area contributed by atoms with Crippen LogP contribution in [0.5, 0.6) is 11.5 Å². The summed E-state index contributed by atoms with van der Waals surface area (Å²) < 4.78 is 15.2. The van der Waals surface area contributed by atoms with Crippen LogP contribution in [0.15, 0.2) is 42.5 Å². The number of amides is 1. The van der Waals surface area contributed by atoms with Crippen molar-refractivity contribution >= 4 is 17.5 Å². The average molecular weight is 332 g/mol. The lowest BCUT2D eigenvalue weighted by atomic mass is 10.2. The fraction of sp³-hybridized carbons (Fsp3) is 0.188. The van der Waals surface area contributed by atoms with E-state index < -0.39 is 11.0 Å². The van der Waals surface area contributed by atoms with Gasteiger partial charge in [-0.25, -0.2) is 4.79 Å². The van der Waals surface area contributed by atoms with Crippen LogP contribution < -0.4 is 14.8 Å². The molecular formula is C16H16N2O6. The van der Waals surface area contributed by atoms with Crippen LogP contribution in [0.25, 0.3) is 0 Å². The van der Waals surface area contributed by atoms with Gasteiger partial charge in [0.2, 0.25) is 0 Å². The molecule has 0 aromatic heterocycles. The molecule has 0 unspecified atom stereocenters. The van der Waals surface area contributed by atoms with Gasteiger partial charge in [0.1, 0.15) is 12.3 Å². The Morgan fingerprint density at radius 2 is 1.75 bits per heavy atom. The van der Waals surface area contributed by atoms with E-state index in [-0.39, 0.29) is 29.5 Å². The SMILES string of the molecule is COc1cc(NC(=O)OCc2ccccc2)c([N+](=O)[O-])cc1OC. The predicted octanol–water partition coefficient (Wildman–Crippen LogP) is 3.36. The van der Waals surface area contributed by atoms with Crippen LogP contribution in [-0.2, 0) is 11.3 Å². The Morgan fingerprint density at radius 1 is 1.12 bits per heavy atom. The smallest absolute Gasteiger partial charge is 0.412 e. The van der Waals surface area contributed by atoms with Gasteiger partial charge in [-0.1, -0.05) is 30.3 Å². The maximum absolute atomic E-state index is 11.9. The summed E-state index contributed by atoms with van der Waals surface area (Å²) in [5, 5.41) is 13.5. The van der Waals surface area contributed by atoms with Crippen molar-refractivity contribution in [3.8, 4) is 11.5 Å². The molecule has 0 saturated heterocycles. The number of carbonyl (C=O) groups is 1. The zero-order valence-corrected chi connectivity index (χ0v) is 13.1. The van der Waals surface area contributed by atoms with Gasteiger partial charge < -0.3 is 14.2 Å². The fourth-order valence-corrected chi connectivity index (χ4v) is 1.99. The van der Waals surface area contributed by atoms with Crippen LogP contribution in [0.2, 0.25) is 0 Å². The topological polar surface area (TPSA) is 99.9 Å². The Bertz CT molecular complexity index is 733. The van der Waals surface area contributed by atoms with Gasteiger partial charge in [0.15, 0.2) is 11.5 Å². The number of rotatable bonds is 6. The Balaban J connectivity index is 2.15. The molecule has 0 atom stereocenters. The van der Waals surface area contributed by atoms with E-state index >= 15 is 0 Å². The highest BCUT2D eigenvalue weighted by Gasteiger charge is 2.21. The molecule has 0 bridgehead atoms. The van der Waals surface area contributed by atoms with Gasteiger partial charge in [-0.05, 0) is 5.56 Å². The number of methoxy groups -OCH3 is 2. The standard InChI is InChI=1S/C16H16N2O6/c1-22-14-8-12(13(18(20)21)9-15(14)23-2)17-16(19)24-10-11-6-4-3-5-7-11/h3-9H,10H2,1-2H3,(H,17,19). The van der Waals surface area contributed by atoms with Crippen molar-refractivity contribution in [1.82, 2.24) is 0 Å². The van der Waals surface area contributed by atoms with E-state index in [1.165, 1.54) is 26.4 Å². The third-order valence-corrected chi connectivity index (χ3v) is 3.15. The molecule has 1 N–H and O–H groups in total. The molecule has 0 aliphatic heterocycles. The van der Waals surface area contributed by atoms with E-state index in [2.05, 4.69) is 5.32 Å². The van der Waals surface area contributed by atoms with Crippen LogP contribution in [0, 0.1) is 10.1 Å². The van der Waals surface area contributed by atoms with Crippen LogP contribution in [0.1, 0.15) is 5.56 Å². The van der Waals surface area contributed by atoms with E-state index in [1.807, 2.05) is 18.2 Å². The summed E-state index contributed by atoms with van der Waals surface area (Å²) in [5.74, 6) is 0.439. The summed E-state index contributed by atoms with van der Waals surface area (Å²) in [7, 11) is 2.75. The van der Waals surface area contributed by atoms with Gasteiger partial charge in [0.05, 0.1) is 25.2 Å². The van der Waals surface area contributed by atoms with Crippen molar-refractivity contribution in [2.45, 2.75) is 6.61 Å². The third kappa shape index (κ3) is 4.13. The number of benzene rings is 2. The fourth-order valence-electron chi connectivity index (χ4n) is 1.99. The monoisotopic (exact) mass is 332 g/mol. The number of anilines is 1. The number of ether oxygens (including phenoxy) is 3. The van der Waals surface area contributed by atoms with E-state index in [0.717, 1.165) is 5.56 Å². The van der Waals surface area contributed by atoms with E-state index in [1.54, 1.807) is 12.1 Å². The maximum atomic E-state index is 11.9. The number of hydrogen-bond donors (Lipinski definition) is 1. The number of hydrogen-bond acceptors (Lipinski definition) is 6. The quantitative estimate of drug-likeness (QED) is 0.643. The predicted molar refractivity (Wildman–Crippen MR) is 86.5 cm³/mol. The zero-order valence-electron chi connectivity index (χ0n) is 13.1. The highest BCUT2D eigenvalue weighted by molar-refractivity contribution is 5.89. The van der Waals surface area contributed by atoms with Crippen molar-refractivity contribution in [2.75, 3.05) is 19.5 Å². The highest BCUT2D eigenvalue weighted by Crippen LogP contribution is 2.37. The second-order valence-corrected chi connectivity index (χ2v) is 4.67. The summed E-state index contributed by atoms with van der Waals surface area (Å²) >= 11 is 0. The molecule has 0 aliphatic rings. The summed E-state index contributed by atoms with van der Waals surface area (Å²) in [4.78, 5) is 22.4. The van der Waals surface area contributed by atoms with E-state index in [9.17, 15) is 14.9 Å². The second-order valence-electron chi connectivity index (χ2n) is 4.67. The van der Waals surface area contributed by atoms with Crippen molar-refractivity contribution < 1.29 is 23.9 Å². The molecule has 1 amide bonds. The number of nitro groups is 1. The normalized spacial score (nSPS) is 9.92. The Kier molecular flexibility index (Phi) is 5.56. The van der Waals surface area contributed by atoms with Crippen LogP contribution in [-0.4, -0.2) is 25.2 Å². The largest absolute Gasteiger partial charge is 0.493 e. The summed E-state index contributed by atoms with van der Waals surface area (Å²) in [6, 6.07) is 11.5. The van der Waals surface area contributed by atoms with Gasteiger partial charge in [0, 0.05) is 6.07 Å². The molecule has 0 saturated carbocycles. The summed E-state index contributed by atoms with van der Waals surface area (Å²) in [6.45, 7) is 0.0494. The minimum absolute atomic E-state index is 0.0456. The van der Waals surface area contributed by atoms with Crippen LogP contribution in [0.4, 0.5) is 16.2 Å². The molecule has 0 aliphatic carbocycles. The Hall–Kier alpha value is -3.29. The first-order chi connectivity index (χ1) is 11.5. The van der Waals surface area contributed by atoms with Gasteiger partial charge >= 0.3 is 6.09 Å². The molecule has 8 nitrogen and oxygen atoms in total. The number of nitro benzene ring substituents is 1. The lowest BCUT2D eigenvalue weighted by Crippen LogP contribution is -2.14. The molecule has 0 heterocycles. The van der Waals surface area contributed by atoms with Crippen LogP contribution in [0.3, 0.4) is 0 Å². The minimum Gasteiger partial charge on any atom is -0.493 e. The van der Waals surface area contributed by atoms with Gasteiger partial charge in [-0.2, -0.15) is 0 Å². The highest BCUT2D eigenvalue weighted by atomic mass is 16.6. The first-order valence-corrected chi connectivity index (χ1v) is 6.93. The van der Waals surface area contributed by atoms with Gasteiger partial charge in [0.25, 0.3) is 5.69 Å². The van der Waals surface area contributed by atoms with Crippen molar-refractivity contribution in [2.24, 2.45) is 0 Å². The van der Waals surface area contributed by atoms with Gasteiger partial charge in [-0.15, -0.1) is 0 Å². The molecule has 0 fully saturated rings. The number of nitrogens with one attached hydrogen (secondary N) is 1. The number of carbonyl (C=O) groups excluding carboxylic acids is 1. The molecular weight excluding hydrogens is 316 g/mol. The first kappa shape index (κ1) is 17.1. The minimum atomic E-state index is -0.811. The van der Waals surface area contributed by atoms with Crippen molar-refractivity contribution in [3.63, 3.8) is 0 Å². The van der Waals surface area contributed by atoms with E-state index in [0.29, 0.717) is 0 Å². The summed E-state index contributed by atoms with van der Waals surface area (Å²) in [5.41, 5.74) is 0.425. The molecule has 24 heavy (non-hydrogen) atoms. The molecule has 0 radical (unpaired) electrons. The summed E-state index contributed by atoms with van der Waals surface area (Å²) in [6.07, 6.45) is -0.811. The molecule has 126 valence electrons. The Labute approximate surface area is 138 Å². The Morgan fingerprint density at radius 3 is 2.33 bits per heavy atom. The number of nitrogens with zero attached hydrogens (tertiary/aromatic N) is 1. The van der Waals surface area contributed by atoms with Crippen molar-refractivity contribution in [3.05, 3.63) is 58.1 Å². The van der Waals surface area contributed by atoms with Crippen molar-refractivity contribution in [1.29, 1.82) is 0 Å². The first-order valence-electron chi connectivity index (χ1n) is 6.93. The molecule has 8 heteroatoms. The van der Waals surface area contributed by atoms with Crippen LogP contribution >= 0.6 is 0 Å². The zero-order chi connectivity index (χ0) is 17.5. The lowest BCUT2D eigenvalue weighted by Gasteiger charge is -2.11. The molecule has 2 aromatic rings. The lowest BCUT2D eigenvalue weighted by molar-refractivity contribution is -0.384. The maximum Gasteiger partial charge on any atom is 0.412 e.